The highest BCUT2D eigenvalue weighted by Gasteiger charge is 2.19. The van der Waals surface area contributed by atoms with Crippen molar-refractivity contribution in [3.05, 3.63) is 23.4 Å². The quantitative estimate of drug-likeness (QED) is 0.563. The molecule has 0 atom stereocenters. The van der Waals surface area contributed by atoms with Gasteiger partial charge in [-0.2, -0.15) is 0 Å². The average molecular weight is 296 g/mol. The van der Waals surface area contributed by atoms with E-state index in [0.717, 1.165) is 30.0 Å². The highest BCUT2D eigenvalue weighted by atomic mass is 35.5. The Morgan fingerprint density at radius 3 is 2.35 bits per heavy atom. The number of pyridine rings is 1. The molecule has 0 bridgehead atoms. The second-order valence-corrected chi connectivity index (χ2v) is 7.08. The van der Waals surface area contributed by atoms with Crippen molar-refractivity contribution < 1.29 is 4.74 Å². The fraction of sp³-hybridized carbons (Fsp3) is 0.706. The molecule has 1 aliphatic rings. The largest absolute Gasteiger partial charge is 0.474 e. The molecule has 3 heteroatoms. The Labute approximate surface area is 127 Å². The SMILES string of the molecule is CC(C)(C)c1cc(CCl)cc(OC2CCCCCC2)n1. The molecule has 20 heavy (non-hydrogen) atoms. The van der Waals surface area contributed by atoms with Gasteiger partial charge < -0.3 is 4.74 Å². The van der Waals surface area contributed by atoms with Crippen LogP contribution in [0.25, 0.3) is 0 Å². The van der Waals surface area contributed by atoms with E-state index in [0.29, 0.717) is 12.0 Å². The van der Waals surface area contributed by atoms with E-state index >= 15 is 0 Å². The van der Waals surface area contributed by atoms with Crippen molar-refractivity contribution in [1.29, 1.82) is 0 Å². The van der Waals surface area contributed by atoms with Crippen LogP contribution in [0.1, 0.15) is 70.6 Å². The van der Waals surface area contributed by atoms with Gasteiger partial charge in [0.15, 0.2) is 0 Å². The second kappa shape index (κ2) is 6.80. The van der Waals surface area contributed by atoms with E-state index in [-0.39, 0.29) is 5.41 Å². The molecule has 1 saturated carbocycles. The second-order valence-electron chi connectivity index (χ2n) is 6.81. The molecular weight excluding hydrogens is 270 g/mol. The number of nitrogens with zero attached hydrogens (tertiary/aromatic N) is 1. The van der Waals surface area contributed by atoms with Gasteiger partial charge in [-0.25, -0.2) is 4.98 Å². The number of hydrogen-bond donors (Lipinski definition) is 0. The highest BCUT2D eigenvalue weighted by Crippen LogP contribution is 2.27. The van der Waals surface area contributed by atoms with Crippen LogP contribution in [-0.2, 0) is 11.3 Å². The van der Waals surface area contributed by atoms with Crippen molar-refractivity contribution in [3.8, 4) is 5.88 Å². The number of alkyl halides is 1. The predicted octanol–water partition coefficient (Wildman–Crippen LogP) is 5.22. The van der Waals surface area contributed by atoms with Crippen LogP contribution in [-0.4, -0.2) is 11.1 Å². The lowest BCUT2D eigenvalue weighted by Crippen LogP contribution is -2.19. The summed E-state index contributed by atoms with van der Waals surface area (Å²) in [6.45, 7) is 6.51. The summed E-state index contributed by atoms with van der Waals surface area (Å²) in [5.41, 5.74) is 2.17. The standard InChI is InChI=1S/C17H26ClNO/c1-17(2,3)15-10-13(12-18)11-16(19-15)20-14-8-6-4-5-7-9-14/h10-11,14H,4-9,12H2,1-3H3. The van der Waals surface area contributed by atoms with Gasteiger partial charge in [-0.15, -0.1) is 11.6 Å². The van der Waals surface area contributed by atoms with Crippen LogP contribution >= 0.6 is 11.6 Å². The fourth-order valence-corrected chi connectivity index (χ4v) is 2.77. The monoisotopic (exact) mass is 295 g/mol. The van der Waals surface area contributed by atoms with E-state index in [1.54, 1.807) is 0 Å². The zero-order valence-electron chi connectivity index (χ0n) is 12.9. The Morgan fingerprint density at radius 2 is 1.80 bits per heavy atom. The first kappa shape index (κ1) is 15.6. The molecular formula is C17H26ClNO. The van der Waals surface area contributed by atoms with Crippen molar-refractivity contribution in [3.63, 3.8) is 0 Å². The molecule has 112 valence electrons. The van der Waals surface area contributed by atoms with Gasteiger partial charge in [-0.3, -0.25) is 0 Å². The van der Waals surface area contributed by atoms with Crippen LogP contribution in [0.4, 0.5) is 0 Å². The summed E-state index contributed by atoms with van der Waals surface area (Å²) in [6.07, 6.45) is 7.83. The van der Waals surface area contributed by atoms with Gasteiger partial charge in [0.2, 0.25) is 5.88 Å². The number of rotatable bonds is 3. The van der Waals surface area contributed by atoms with Gasteiger partial charge >= 0.3 is 0 Å². The van der Waals surface area contributed by atoms with E-state index in [9.17, 15) is 0 Å². The van der Waals surface area contributed by atoms with Crippen molar-refractivity contribution in [2.45, 2.75) is 76.7 Å². The van der Waals surface area contributed by atoms with Crippen LogP contribution in [0.3, 0.4) is 0 Å². The van der Waals surface area contributed by atoms with Crippen molar-refractivity contribution >= 4 is 11.6 Å². The molecule has 0 N–H and O–H groups in total. The average Bonchev–Trinajstić information content (AvgIpc) is 2.66. The molecule has 2 nitrogen and oxygen atoms in total. The summed E-state index contributed by atoms with van der Waals surface area (Å²) in [7, 11) is 0. The van der Waals surface area contributed by atoms with Crippen LogP contribution in [0, 0.1) is 0 Å². The summed E-state index contributed by atoms with van der Waals surface area (Å²) in [4.78, 5) is 4.70. The Balaban J connectivity index is 2.17. The summed E-state index contributed by atoms with van der Waals surface area (Å²) in [6, 6.07) is 4.08. The number of halogens is 1. The molecule has 2 rings (SSSR count). The topological polar surface area (TPSA) is 22.1 Å². The molecule has 0 amide bonds. The Bertz CT molecular complexity index is 431. The van der Waals surface area contributed by atoms with Gasteiger partial charge in [-0.05, 0) is 37.3 Å². The first-order valence-corrected chi connectivity index (χ1v) is 8.26. The molecule has 1 heterocycles. The zero-order valence-corrected chi connectivity index (χ0v) is 13.7. The van der Waals surface area contributed by atoms with Gasteiger partial charge in [0.1, 0.15) is 6.10 Å². The first-order valence-electron chi connectivity index (χ1n) is 7.73. The normalized spacial score (nSPS) is 17.8. The third kappa shape index (κ3) is 4.37. The molecule has 0 unspecified atom stereocenters. The van der Waals surface area contributed by atoms with E-state index in [2.05, 4.69) is 26.8 Å². The molecule has 0 aromatic carbocycles. The van der Waals surface area contributed by atoms with Crippen LogP contribution in [0.5, 0.6) is 5.88 Å². The number of hydrogen-bond acceptors (Lipinski definition) is 2. The Hall–Kier alpha value is -0.760. The van der Waals surface area contributed by atoms with Gasteiger partial charge in [0.05, 0.1) is 5.69 Å². The zero-order chi connectivity index (χ0) is 14.6. The summed E-state index contributed by atoms with van der Waals surface area (Å²) < 4.78 is 6.14. The molecule has 0 saturated heterocycles. The van der Waals surface area contributed by atoms with Crippen LogP contribution in [0.15, 0.2) is 12.1 Å². The molecule has 1 aromatic rings. The minimum Gasteiger partial charge on any atom is -0.474 e. The van der Waals surface area contributed by atoms with Gasteiger partial charge in [0.25, 0.3) is 0 Å². The summed E-state index contributed by atoms with van der Waals surface area (Å²) in [5, 5.41) is 0. The lowest BCUT2D eigenvalue weighted by molar-refractivity contribution is 0.175. The van der Waals surface area contributed by atoms with E-state index < -0.39 is 0 Å². The van der Waals surface area contributed by atoms with E-state index in [1.165, 1.54) is 25.7 Å². The van der Waals surface area contributed by atoms with Crippen LogP contribution < -0.4 is 4.74 Å². The van der Waals surface area contributed by atoms with Crippen molar-refractivity contribution in [2.24, 2.45) is 0 Å². The predicted molar refractivity (Wildman–Crippen MR) is 84.6 cm³/mol. The van der Waals surface area contributed by atoms with Crippen molar-refractivity contribution in [1.82, 2.24) is 4.98 Å². The number of ether oxygens (including phenoxy) is 1. The maximum atomic E-state index is 6.14. The maximum Gasteiger partial charge on any atom is 0.214 e. The lowest BCUT2D eigenvalue weighted by Gasteiger charge is -2.22. The summed E-state index contributed by atoms with van der Waals surface area (Å²) >= 11 is 6.01. The van der Waals surface area contributed by atoms with E-state index in [1.807, 2.05) is 6.07 Å². The molecule has 1 aliphatic carbocycles. The maximum absolute atomic E-state index is 6.14. The minimum atomic E-state index is 0.0175. The molecule has 0 aliphatic heterocycles. The third-order valence-corrected chi connectivity index (χ3v) is 4.18. The van der Waals surface area contributed by atoms with Gasteiger partial charge in [-0.1, -0.05) is 33.6 Å². The molecule has 1 aromatic heterocycles. The molecule has 1 fully saturated rings. The Morgan fingerprint density at radius 1 is 1.15 bits per heavy atom. The fourth-order valence-electron chi connectivity index (χ4n) is 2.61. The molecule has 0 spiro atoms. The van der Waals surface area contributed by atoms with E-state index in [4.69, 9.17) is 21.3 Å². The number of aromatic nitrogens is 1. The highest BCUT2D eigenvalue weighted by molar-refractivity contribution is 6.17. The van der Waals surface area contributed by atoms with Gasteiger partial charge in [0, 0.05) is 17.4 Å². The van der Waals surface area contributed by atoms with Crippen LogP contribution in [0.2, 0.25) is 0 Å². The lowest BCUT2D eigenvalue weighted by atomic mass is 9.91. The smallest absolute Gasteiger partial charge is 0.214 e. The molecule has 0 radical (unpaired) electrons. The third-order valence-electron chi connectivity index (χ3n) is 3.87. The van der Waals surface area contributed by atoms with Crippen molar-refractivity contribution in [2.75, 3.05) is 0 Å². The first-order chi connectivity index (χ1) is 9.49. The Kier molecular flexibility index (Phi) is 5.31. The summed E-state index contributed by atoms with van der Waals surface area (Å²) in [5.74, 6) is 1.26. The minimum absolute atomic E-state index is 0.0175.